The maximum atomic E-state index is 11.4. The van der Waals surface area contributed by atoms with Crippen LogP contribution in [0, 0.1) is 0 Å². The fourth-order valence-corrected chi connectivity index (χ4v) is 1.94. The van der Waals surface area contributed by atoms with Crippen LogP contribution in [-0.2, 0) is 11.2 Å². The molecule has 84 valence electrons. The van der Waals surface area contributed by atoms with Gasteiger partial charge in [0.2, 0.25) is 5.91 Å². The molecule has 3 nitrogen and oxygen atoms in total. The van der Waals surface area contributed by atoms with Crippen LogP contribution in [0.2, 0.25) is 0 Å². The molecule has 1 aromatic rings. The molecule has 1 heterocycles. The molecule has 0 radical (unpaired) electrons. The van der Waals surface area contributed by atoms with E-state index in [-0.39, 0.29) is 11.9 Å². The van der Waals surface area contributed by atoms with Gasteiger partial charge in [0.15, 0.2) is 0 Å². The van der Waals surface area contributed by atoms with Gasteiger partial charge in [0.25, 0.3) is 0 Å². The van der Waals surface area contributed by atoms with Crippen LogP contribution in [0.5, 0.6) is 0 Å². The molecule has 0 aliphatic carbocycles. The number of hydrogen-bond donors (Lipinski definition) is 2. The molecule has 0 spiro atoms. The molecule has 0 fully saturated rings. The predicted octanol–water partition coefficient (Wildman–Crippen LogP) is 1.53. The Labute approximate surface area is 94.7 Å². The van der Waals surface area contributed by atoms with E-state index >= 15 is 0 Å². The van der Waals surface area contributed by atoms with Gasteiger partial charge in [-0.2, -0.15) is 11.3 Å². The summed E-state index contributed by atoms with van der Waals surface area (Å²) in [7, 11) is 0. The van der Waals surface area contributed by atoms with Crippen LogP contribution in [0.15, 0.2) is 16.8 Å². The van der Waals surface area contributed by atoms with Crippen LogP contribution in [0.1, 0.15) is 25.3 Å². The quantitative estimate of drug-likeness (QED) is 0.773. The lowest BCUT2D eigenvalue weighted by molar-refractivity contribution is -0.121. The maximum absolute atomic E-state index is 11.4. The van der Waals surface area contributed by atoms with E-state index in [1.165, 1.54) is 5.56 Å². The molecule has 1 atom stereocenters. The van der Waals surface area contributed by atoms with E-state index < -0.39 is 0 Å². The molecule has 15 heavy (non-hydrogen) atoms. The van der Waals surface area contributed by atoms with E-state index in [0.717, 1.165) is 12.8 Å². The van der Waals surface area contributed by atoms with Gasteiger partial charge in [0.05, 0.1) is 0 Å². The highest BCUT2D eigenvalue weighted by atomic mass is 32.1. The van der Waals surface area contributed by atoms with Crippen molar-refractivity contribution < 1.29 is 4.79 Å². The number of nitrogens with two attached hydrogens (primary N) is 1. The molecule has 0 aliphatic rings. The zero-order chi connectivity index (χ0) is 11.1. The van der Waals surface area contributed by atoms with Crippen molar-refractivity contribution in [2.45, 2.75) is 32.2 Å². The number of carbonyl (C=O) groups excluding carboxylic acids is 1. The average molecular weight is 226 g/mol. The Hall–Kier alpha value is -0.870. The van der Waals surface area contributed by atoms with Gasteiger partial charge in [-0.05, 0) is 35.2 Å². The van der Waals surface area contributed by atoms with Crippen molar-refractivity contribution in [1.29, 1.82) is 0 Å². The Kier molecular flexibility index (Phi) is 5.36. The topological polar surface area (TPSA) is 55.1 Å². The fraction of sp³-hybridized carbons (Fsp3) is 0.545. The summed E-state index contributed by atoms with van der Waals surface area (Å²) in [5, 5.41) is 7.02. The number of amides is 1. The van der Waals surface area contributed by atoms with Crippen LogP contribution in [0.4, 0.5) is 0 Å². The first-order valence-corrected chi connectivity index (χ1v) is 6.20. The van der Waals surface area contributed by atoms with Gasteiger partial charge in [-0.1, -0.05) is 6.92 Å². The van der Waals surface area contributed by atoms with Crippen molar-refractivity contribution in [3.63, 3.8) is 0 Å². The molecule has 1 amide bonds. The standard InChI is InChI=1S/C11H18N2OS/c1-2-10(12)7-11(14)13-5-3-9-4-6-15-8-9/h4,6,8,10H,2-3,5,7,12H2,1H3,(H,13,14). The highest BCUT2D eigenvalue weighted by molar-refractivity contribution is 7.07. The Morgan fingerprint density at radius 3 is 3.07 bits per heavy atom. The monoisotopic (exact) mass is 226 g/mol. The molecule has 0 bridgehead atoms. The van der Waals surface area contributed by atoms with Gasteiger partial charge in [-0.25, -0.2) is 0 Å². The third kappa shape index (κ3) is 4.95. The summed E-state index contributed by atoms with van der Waals surface area (Å²) in [4.78, 5) is 11.4. The summed E-state index contributed by atoms with van der Waals surface area (Å²) in [6, 6.07) is 2.07. The van der Waals surface area contributed by atoms with Crippen molar-refractivity contribution in [2.75, 3.05) is 6.54 Å². The van der Waals surface area contributed by atoms with Gasteiger partial charge in [-0.3, -0.25) is 4.79 Å². The Morgan fingerprint density at radius 1 is 1.67 bits per heavy atom. The largest absolute Gasteiger partial charge is 0.356 e. The first-order chi connectivity index (χ1) is 7.22. The molecule has 4 heteroatoms. The minimum Gasteiger partial charge on any atom is -0.356 e. The molecule has 1 unspecified atom stereocenters. The highest BCUT2D eigenvalue weighted by Gasteiger charge is 2.06. The third-order valence-corrected chi connectivity index (χ3v) is 3.02. The molecule has 0 aliphatic heterocycles. The van der Waals surface area contributed by atoms with Crippen molar-refractivity contribution in [3.8, 4) is 0 Å². The van der Waals surface area contributed by atoms with Crippen LogP contribution >= 0.6 is 11.3 Å². The Morgan fingerprint density at radius 2 is 2.47 bits per heavy atom. The van der Waals surface area contributed by atoms with Crippen molar-refractivity contribution in [1.82, 2.24) is 5.32 Å². The summed E-state index contributed by atoms with van der Waals surface area (Å²) in [6.45, 7) is 2.69. The molecular formula is C11H18N2OS. The second-order valence-electron chi connectivity index (χ2n) is 3.60. The molecule has 0 aromatic carbocycles. The summed E-state index contributed by atoms with van der Waals surface area (Å²) < 4.78 is 0. The predicted molar refractivity (Wildman–Crippen MR) is 63.9 cm³/mol. The van der Waals surface area contributed by atoms with E-state index in [0.29, 0.717) is 13.0 Å². The minimum absolute atomic E-state index is 0.00820. The summed E-state index contributed by atoms with van der Waals surface area (Å²) >= 11 is 1.68. The molecule has 1 aromatic heterocycles. The van der Waals surface area contributed by atoms with Crippen LogP contribution < -0.4 is 11.1 Å². The lowest BCUT2D eigenvalue weighted by Crippen LogP contribution is -2.32. The van der Waals surface area contributed by atoms with Gasteiger partial charge in [0, 0.05) is 19.0 Å². The van der Waals surface area contributed by atoms with E-state index in [4.69, 9.17) is 5.73 Å². The van der Waals surface area contributed by atoms with Gasteiger partial charge in [0.1, 0.15) is 0 Å². The number of rotatable bonds is 6. The average Bonchev–Trinajstić information content (AvgIpc) is 2.70. The van der Waals surface area contributed by atoms with Crippen LogP contribution in [-0.4, -0.2) is 18.5 Å². The number of hydrogen-bond acceptors (Lipinski definition) is 3. The first kappa shape index (κ1) is 12.2. The molecule has 3 N–H and O–H groups in total. The molecular weight excluding hydrogens is 208 g/mol. The van der Waals surface area contributed by atoms with E-state index in [1.807, 2.05) is 12.3 Å². The summed E-state index contributed by atoms with van der Waals surface area (Å²) in [6.07, 6.45) is 2.18. The highest BCUT2D eigenvalue weighted by Crippen LogP contribution is 2.05. The first-order valence-electron chi connectivity index (χ1n) is 5.25. The SMILES string of the molecule is CCC(N)CC(=O)NCCc1ccsc1. The van der Waals surface area contributed by atoms with E-state index in [1.54, 1.807) is 11.3 Å². The fourth-order valence-electron chi connectivity index (χ4n) is 1.24. The molecule has 1 rings (SSSR count). The number of carbonyl (C=O) groups is 1. The van der Waals surface area contributed by atoms with Gasteiger partial charge >= 0.3 is 0 Å². The van der Waals surface area contributed by atoms with Crippen LogP contribution in [0.3, 0.4) is 0 Å². The second kappa shape index (κ2) is 6.58. The number of thiophene rings is 1. The zero-order valence-corrected chi connectivity index (χ0v) is 9.85. The maximum Gasteiger partial charge on any atom is 0.221 e. The summed E-state index contributed by atoms with van der Waals surface area (Å²) in [5.74, 6) is 0.0552. The van der Waals surface area contributed by atoms with E-state index in [2.05, 4.69) is 16.8 Å². The minimum atomic E-state index is -0.00820. The van der Waals surface area contributed by atoms with E-state index in [9.17, 15) is 4.79 Å². The van der Waals surface area contributed by atoms with Gasteiger partial charge < -0.3 is 11.1 Å². The molecule has 0 saturated carbocycles. The van der Waals surface area contributed by atoms with Crippen molar-refractivity contribution in [2.24, 2.45) is 5.73 Å². The number of nitrogens with one attached hydrogen (secondary N) is 1. The molecule has 0 saturated heterocycles. The Balaban J connectivity index is 2.12. The zero-order valence-electron chi connectivity index (χ0n) is 9.03. The van der Waals surface area contributed by atoms with Crippen molar-refractivity contribution >= 4 is 17.2 Å². The second-order valence-corrected chi connectivity index (χ2v) is 4.38. The van der Waals surface area contributed by atoms with Crippen molar-refractivity contribution in [3.05, 3.63) is 22.4 Å². The smallest absolute Gasteiger partial charge is 0.221 e. The lowest BCUT2D eigenvalue weighted by Gasteiger charge is -2.08. The third-order valence-electron chi connectivity index (χ3n) is 2.29. The lowest BCUT2D eigenvalue weighted by atomic mass is 10.1. The van der Waals surface area contributed by atoms with Crippen LogP contribution in [0.25, 0.3) is 0 Å². The van der Waals surface area contributed by atoms with Gasteiger partial charge in [-0.15, -0.1) is 0 Å². The normalized spacial score (nSPS) is 12.4. The Bertz CT molecular complexity index is 285. The summed E-state index contributed by atoms with van der Waals surface area (Å²) in [5.41, 5.74) is 6.96.